The monoisotopic (exact) mass is 346 g/mol. The van der Waals surface area contributed by atoms with Gasteiger partial charge in [-0.05, 0) is 17.2 Å². The largest absolute Gasteiger partial charge is 0.496 e. The number of para-hydroxylation sites is 1. The van der Waals surface area contributed by atoms with Crippen LogP contribution < -0.4 is 15.4 Å². The van der Waals surface area contributed by atoms with E-state index in [2.05, 4.69) is 10.6 Å². The summed E-state index contributed by atoms with van der Waals surface area (Å²) in [6.45, 7) is 0.395. The molecule has 0 bridgehead atoms. The van der Waals surface area contributed by atoms with Crippen LogP contribution in [-0.2, 0) is 6.54 Å². The maximum Gasteiger partial charge on any atom is 0.315 e. The number of benzene rings is 3. The highest BCUT2D eigenvalue weighted by atomic mass is 16.5. The number of rotatable bonds is 6. The third-order valence-electron chi connectivity index (χ3n) is 4.17. The van der Waals surface area contributed by atoms with Gasteiger partial charge in [-0.3, -0.25) is 0 Å². The summed E-state index contributed by atoms with van der Waals surface area (Å²) in [6, 6.07) is 27.1. The van der Waals surface area contributed by atoms with Gasteiger partial charge in [0.15, 0.2) is 0 Å². The molecule has 3 rings (SSSR count). The van der Waals surface area contributed by atoms with E-state index >= 15 is 0 Å². The van der Waals surface area contributed by atoms with Crippen molar-refractivity contribution in [2.24, 2.45) is 0 Å². The van der Waals surface area contributed by atoms with Crippen molar-refractivity contribution in [1.29, 1.82) is 0 Å². The topological polar surface area (TPSA) is 50.4 Å². The third-order valence-corrected chi connectivity index (χ3v) is 4.17. The fourth-order valence-electron chi connectivity index (χ4n) is 2.86. The van der Waals surface area contributed by atoms with Crippen LogP contribution in [0.5, 0.6) is 5.75 Å². The normalized spacial score (nSPS) is 10.4. The highest BCUT2D eigenvalue weighted by molar-refractivity contribution is 5.75. The SMILES string of the molecule is COc1ccccc1CNC(=O)NC(c1ccccc1)c1ccccc1. The van der Waals surface area contributed by atoms with Gasteiger partial charge < -0.3 is 15.4 Å². The second kappa shape index (κ2) is 8.72. The van der Waals surface area contributed by atoms with Crippen LogP contribution in [0, 0.1) is 0 Å². The average molecular weight is 346 g/mol. The summed E-state index contributed by atoms with van der Waals surface area (Å²) in [5.41, 5.74) is 3.00. The molecule has 0 spiro atoms. The van der Waals surface area contributed by atoms with Crippen molar-refractivity contribution in [2.45, 2.75) is 12.6 Å². The number of carbonyl (C=O) groups excluding carboxylic acids is 1. The van der Waals surface area contributed by atoms with Crippen molar-refractivity contribution in [1.82, 2.24) is 10.6 Å². The Labute approximate surface area is 153 Å². The Hall–Kier alpha value is -3.27. The first kappa shape index (κ1) is 17.5. The molecule has 0 aliphatic heterocycles. The second-order valence-corrected chi connectivity index (χ2v) is 5.89. The van der Waals surface area contributed by atoms with Crippen molar-refractivity contribution >= 4 is 6.03 Å². The quantitative estimate of drug-likeness (QED) is 0.700. The van der Waals surface area contributed by atoms with Crippen molar-refractivity contribution < 1.29 is 9.53 Å². The van der Waals surface area contributed by atoms with Gasteiger partial charge in [-0.25, -0.2) is 4.79 Å². The number of ether oxygens (including phenoxy) is 1. The second-order valence-electron chi connectivity index (χ2n) is 5.89. The number of carbonyl (C=O) groups is 1. The fourth-order valence-corrected chi connectivity index (χ4v) is 2.86. The smallest absolute Gasteiger partial charge is 0.315 e. The first-order chi connectivity index (χ1) is 12.8. The molecular formula is C22H22N2O2. The van der Waals surface area contributed by atoms with Crippen LogP contribution in [0.3, 0.4) is 0 Å². The highest BCUT2D eigenvalue weighted by Gasteiger charge is 2.16. The summed E-state index contributed by atoms with van der Waals surface area (Å²) in [4.78, 5) is 12.5. The van der Waals surface area contributed by atoms with E-state index in [0.717, 1.165) is 22.4 Å². The minimum Gasteiger partial charge on any atom is -0.496 e. The minimum atomic E-state index is -0.228. The Morgan fingerprint density at radius 1 is 0.846 bits per heavy atom. The maximum absolute atomic E-state index is 12.5. The minimum absolute atomic E-state index is 0.213. The molecule has 132 valence electrons. The van der Waals surface area contributed by atoms with E-state index in [1.165, 1.54) is 0 Å². The van der Waals surface area contributed by atoms with Gasteiger partial charge in [-0.2, -0.15) is 0 Å². The molecule has 26 heavy (non-hydrogen) atoms. The van der Waals surface area contributed by atoms with Crippen LogP contribution in [0.2, 0.25) is 0 Å². The molecule has 4 heteroatoms. The molecule has 0 saturated heterocycles. The molecule has 0 unspecified atom stereocenters. The lowest BCUT2D eigenvalue weighted by atomic mass is 9.99. The van der Waals surface area contributed by atoms with Gasteiger partial charge in [0, 0.05) is 12.1 Å². The first-order valence-corrected chi connectivity index (χ1v) is 8.54. The van der Waals surface area contributed by atoms with E-state index in [1.807, 2.05) is 84.9 Å². The molecule has 3 aromatic rings. The maximum atomic E-state index is 12.5. The van der Waals surface area contributed by atoms with Crippen molar-refractivity contribution in [3.05, 3.63) is 102 Å². The summed E-state index contributed by atoms with van der Waals surface area (Å²) in [5, 5.41) is 5.98. The molecular weight excluding hydrogens is 324 g/mol. The number of amides is 2. The summed E-state index contributed by atoms with van der Waals surface area (Å²) in [7, 11) is 1.62. The predicted octanol–water partition coefficient (Wildman–Crippen LogP) is 4.28. The molecule has 0 saturated carbocycles. The average Bonchev–Trinajstić information content (AvgIpc) is 2.72. The number of hydrogen-bond acceptors (Lipinski definition) is 2. The van der Waals surface area contributed by atoms with Crippen LogP contribution in [0.4, 0.5) is 4.79 Å². The molecule has 0 heterocycles. The van der Waals surface area contributed by atoms with E-state index in [1.54, 1.807) is 7.11 Å². The lowest BCUT2D eigenvalue weighted by Gasteiger charge is -2.20. The lowest BCUT2D eigenvalue weighted by Crippen LogP contribution is -2.38. The van der Waals surface area contributed by atoms with Crippen LogP contribution in [0.1, 0.15) is 22.7 Å². The predicted molar refractivity (Wildman–Crippen MR) is 103 cm³/mol. The van der Waals surface area contributed by atoms with Crippen LogP contribution in [0.15, 0.2) is 84.9 Å². The van der Waals surface area contributed by atoms with Gasteiger partial charge in [0.1, 0.15) is 5.75 Å². The molecule has 0 aliphatic carbocycles. The van der Waals surface area contributed by atoms with E-state index in [-0.39, 0.29) is 12.1 Å². The summed E-state index contributed by atoms with van der Waals surface area (Å²) in [5.74, 6) is 0.760. The Balaban J connectivity index is 1.72. The molecule has 0 aliphatic rings. The van der Waals surface area contributed by atoms with Crippen LogP contribution in [0.25, 0.3) is 0 Å². The molecule has 0 aromatic heterocycles. The molecule has 0 fully saturated rings. The van der Waals surface area contributed by atoms with Gasteiger partial charge in [0.25, 0.3) is 0 Å². The molecule has 2 N–H and O–H groups in total. The standard InChI is InChI=1S/C22H22N2O2/c1-26-20-15-9-8-14-19(20)16-23-22(25)24-21(17-10-4-2-5-11-17)18-12-6-3-7-13-18/h2-15,21H,16H2,1H3,(H2,23,24,25). The zero-order valence-electron chi connectivity index (χ0n) is 14.7. The van der Waals surface area contributed by atoms with Crippen molar-refractivity contribution in [2.75, 3.05) is 7.11 Å². The van der Waals surface area contributed by atoms with Gasteiger partial charge in [-0.1, -0.05) is 78.9 Å². The number of methoxy groups -OCH3 is 1. The Bertz CT molecular complexity index is 796. The van der Waals surface area contributed by atoms with E-state index < -0.39 is 0 Å². The lowest BCUT2D eigenvalue weighted by molar-refractivity contribution is 0.238. The van der Waals surface area contributed by atoms with Crippen LogP contribution in [-0.4, -0.2) is 13.1 Å². The Morgan fingerprint density at radius 3 is 1.96 bits per heavy atom. The van der Waals surface area contributed by atoms with Gasteiger partial charge in [0.2, 0.25) is 0 Å². The fraction of sp³-hybridized carbons (Fsp3) is 0.136. The molecule has 2 amide bonds. The number of hydrogen-bond donors (Lipinski definition) is 2. The number of nitrogens with one attached hydrogen (secondary N) is 2. The Morgan fingerprint density at radius 2 is 1.38 bits per heavy atom. The van der Waals surface area contributed by atoms with Crippen molar-refractivity contribution in [3.63, 3.8) is 0 Å². The molecule has 3 aromatic carbocycles. The summed E-state index contributed by atoms with van der Waals surface area (Å²) < 4.78 is 5.33. The first-order valence-electron chi connectivity index (χ1n) is 8.54. The third kappa shape index (κ3) is 4.42. The molecule has 4 nitrogen and oxygen atoms in total. The van der Waals surface area contributed by atoms with Gasteiger partial charge in [-0.15, -0.1) is 0 Å². The zero-order valence-corrected chi connectivity index (χ0v) is 14.7. The molecule has 0 radical (unpaired) electrons. The molecule has 0 atom stereocenters. The van der Waals surface area contributed by atoms with E-state index in [0.29, 0.717) is 6.54 Å². The van der Waals surface area contributed by atoms with Gasteiger partial charge in [0.05, 0.1) is 13.2 Å². The van der Waals surface area contributed by atoms with E-state index in [9.17, 15) is 4.79 Å². The van der Waals surface area contributed by atoms with Gasteiger partial charge >= 0.3 is 6.03 Å². The highest BCUT2D eigenvalue weighted by Crippen LogP contribution is 2.22. The summed E-state index contributed by atoms with van der Waals surface area (Å²) >= 11 is 0. The van der Waals surface area contributed by atoms with Crippen LogP contribution >= 0.6 is 0 Å². The summed E-state index contributed by atoms with van der Waals surface area (Å²) in [6.07, 6.45) is 0. The number of urea groups is 1. The van der Waals surface area contributed by atoms with E-state index in [4.69, 9.17) is 4.74 Å². The van der Waals surface area contributed by atoms with Crippen molar-refractivity contribution in [3.8, 4) is 5.75 Å². The zero-order chi connectivity index (χ0) is 18.2. The Kier molecular flexibility index (Phi) is 5.88.